The summed E-state index contributed by atoms with van der Waals surface area (Å²) in [6.45, 7) is 10.9. The maximum atomic E-state index is 13.3. The number of aliphatic carboxylic acids is 1. The third-order valence-corrected chi connectivity index (χ3v) is 6.78. The van der Waals surface area contributed by atoms with Crippen LogP contribution < -0.4 is 20.7 Å². The zero-order valence-corrected chi connectivity index (χ0v) is 25.3. The largest absolute Gasteiger partial charge is 0.489 e. The summed E-state index contributed by atoms with van der Waals surface area (Å²) in [6, 6.07) is 23.3. The van der Waals surface area contributed by atoms with E-state index in [1.54, 1.807) is 12.1 Å². The molecule has 0 fully saturated rings. The second-order valence-corrected chi connectivity index (χ2v) is 12.0. The van der Waals surface area contributed by atoms with Crippen molar-refractivity contribution in [2.45, 2.75) is 71.6 Å². The first-order valence-corrected chi connectivity index (χ1v) is 14.3. The monoisotopic (exact) mass is 575 g/mol. The molecule has 0 spiro atoms. The second kappa shape index (κ2) is 14.6. The number of amides is 1. The molecule has 41 heavy (non-hydrogen) atoms. The number of anilines is 1. The smallest absolute Gasteiger partial charge is 0.326 e. The van der Waals surface area contributed by atoms with Crippen molar-refractivity contribution in [3.63, 3.8) is 0 Å². The molecule has 0 aliphatic rings. The second-order valence-electron chi connectivity index (χ2n) is 11.6. The van der Waals surface area contributed by atoms with Gasteiger partial charge in [-0.05, 0) is 70.9 Å². The van der Waals surface area contributed by atoms with E-state index >= 15 is 0 Å². The molecule has 0 saturated heterocycles. The van der Waals surface area contributed by atoms with Crippen molar-refractivity contribution in [1.29, 1.82) is 0 Å². The van der Waals surface area contributed by atoms with Gasteiger partial charge in [-0.25, -0.2) is 4.79 Å². The minimum Gasteiger partial charge on any atom is -0.489 e. The van der Waals surface area contributed by atoms with Gasteiger partial charge in [-0.1, -0.05) is 89.2 Å². The van der Waals surface area contributed by atoms with E-state index in [-0.39, 0.29) is 17.8 Å². The SMILES string of the molecule is CC(C)C[C@H](NC(=S)Nc1ccc(C(C)(C)C)cc1)C(=O)N[C@@H](Cc1ccc(OCc2ccccc2)cc1)C(=O)O. The molecular weight excluding hydrogens is 534 g/mol. The Morgan fingerprint density at radius 2 is 1.49 bits per heavy atom. The highest BCUT2D eigenvalue weighted by Crippen LogP contribution is 2.23. The predicted molar refractivity (Wildman–Crippen MR) is 168 cm³/mol. The van der Waals surface area contributed by atoms with Crippen molar-refractivity contribution < 1.29 is 19.4 Å². The molecule has 1 amide bonds. The van der Waals surface area contributed by atoms with Crippen molar-refractivity contribution in [3.8, 4) is 5.75 Å². The molecule has 7 nitrogen and oxygen atoms in total. The number of nitrogens with one attached hydrogen (secondary N) is 3. The van der Waals surface area contributed by atoms with Crippen LogP contribution in [0.25, 0.3) is 0 Å². The van der Waals surface area contributed by atoms with Crippen molar-refractivity contribution in [2.24, 2.45) is 5.92 Å². The van der Waals surface area contributed by atoms with E-state index in [0.717, 1.165) is 16.8 Å². The third-order valence-electron chi connectivity index (χ3n) is 6.56. The Labute approximate surface area is 248 Å². The van der Waals surface area contributed by atoms with Gasteiger partial charge in [-0.2, -0.15) is 0 Å². The summed E-state index contributed by atoms with van der Waals surface area (Å²) < 4.78 is 5.82. The standard InChI is InChI=1S/C33H41N3O4S/c1-22(2)19-28(36-32(41)34-26-15-13-25(14-16-26)33(3,4)5)30(37)35-29(31(38)39)20-23-11-17-27(18-12-23)40-21-24-9-7-6-8-10-24/h6-18,22,28-29H,19-21H2,1-5H3,(H,35,37)(H,38,39)(H2,34,36,41)/t28-,29-/m0/s1. The topological polar surface area (TPSA) is 99.7 Å². The quantitative estimate of drug-likeness (QED) is 0.194. The molecule has 0 heterocycles. The van der Waals surface area contributed by atoms with E-state index in [1.165, 1.54) is 5.56 Å². The minimum absolute atomic E-state index is 0.0383. The zero-order chi connectivity index (χ0) is 30.0. The van der Waals surface area contributed by atoms with Crippen molar-refractivity contribution >= 4 is 34.9 Å². The average Bonchev–Trinajstić information content (AvgIpc) is 2.92. The van der Waals surface area contributed by atoms with Crippen LogP contribution in [0.4, 0.5) is 5.69 Å². The van der Waals surface area contributed by atoms with Crippen LogP contribution in [0.2, 0.25) is 0 Å². The molecule has 0 aromatic heterocycles. The number of hydrogen-bond donors (Lipinski definition) is 4. The third kappa shape index (κ3) is 10.5. The lowest BCUT2D eigenvalue weighted by Gasteiger charge is -2.24. The van der Waals surface area contributed by atoms with E-state index in [1.807, 2.05) is 80.6 Å². The van der Waals surface area contributed by atoms with Crippen LogP contribution in [0.15, 0.2) is 78.9 Å². The lowest BCUT2D eigenvalue weighted by atomic mass is 9.87. The average molecular weight is 576 g/mol. The van der Waals surface area contributed by atoms with Gasteiger partial charge in [0.2, 0.25) is 5.91 Å². The number of carboxylic acid groups (broad SMARTS) is 1. The summed E-state index contributed by atoms with van der Waals surface area (Å²) in [4.78, 5) is 25.3. The van der Waals surface area contributed by atoms with E-state index in [2.05, 4.69) is 36.7 Å². The first-order chi connectivity index (χ1) is 19.4. The number of carbonyl (C=O) groups excluding carboxylic acids is 1. The highest BCUT2D eigenvalue weighted by Gasteiger charge is 2.27. The summed E-state index contributed by atoms with van der Waals surface area (Å²) in [6.07, 6.45) is 0.619. The molecule has 218 valence electrons. The fraction of sp³-hybridized carbons (Fsp3) is 0.364. The van der Waals surface area contributed by atoms with Gasteiger partial charge in [0.1, 0.15) is 24.4 Å². The summed E-state index contributed by atoms with van der Waals surface area (Å²) in [5.74, 6) is -0.658. The van der Waals surface area contributed by atoms with Gasteiger partial charge < -0.3 is 25.8 Å². The number of ether oxygens (including phenoxy) is 1. The molecule has 0 bridgehead atoms. The molecule has 3 aromatic rings. The fourth-order valence-electron chi connectivity index (χ4n) is 4.25. The Balaban J connectivity index is 1.59. The lowest BCUT2D eigenvalue weighted by Crippen LogP contribution is -2.53. The van der Waals surface area contributed by atoms with E-state index in [9.17, 15) is 14.7 Å². The first kappa shape index (κ1) is 31.6. The highest BCUT2D eigenvalue weighted by atomic mass is 32.1. The van der Waals surface area contributed by atoms with Crippen molar-refractivity contribution in [3.05, 3.63) is 95.6 Å². The summed E-state index contributed by atoms with van der Waals surface area (Å²) >= 11 is 5.50. The Morgan fingerprint density at radius 1 is 0.854 bits per heavy atom. The van der Waals surface area contributed by atoms with Crippen LogP contribution in [0.1, 0.15) is 57.7 Å². The van der Waals surface area contributed by atoms with Crippen LogP contribution >= 0.6 is 12.2 Å². The summed E-state index contributed by atoms with van der Waals surface area (Å²) in [7, 11) is 0. The molecule has 3 aromatic carbocycles. The molecule has 0 unspecified atom stereocenters. The summed E-state index contributed by atoms with van der Waals surface area (Å²) in [5, 5.41) is 19.1. The van der Waals surface area contributed by atoms with Gasteiger partial charge in [-0.3, -0.25) is 4.79 Å². The molecule has 0 aliphatic heterocycles. The molecule has 0 aliphatic carbocycles. The fourth-order valence-corrected chi connectivity index (χ4v) is 4.51. The lowest BCUT2D eigenvalue weighted by molar-refractivity contribution is -0.142. The Bertz CT molecular complexity index is 1290. The molecular formula is C33H41N3O4S. The van der Waals surface area contributed by atoms with Crippen molar-refractivity contribution in [1.82, 2.24) is 10.6 Å². The van der Waals surface area contributed by atoms with Gasteiger partial charge >= 0.3 is 5.97 Å². The molecule has 0 saturated carbocycles. The maximum Gasteiger partial charge on any atom is 0.326 e. The minimum atomic E-state index is -1.11. The zero-order valence-electron chi connectivity index (χ0n) is 24.4. The molecule has 3 rings (SSSR count). The molecule has 8 heteroatoms. The van der Waals surface area contributed by atoms with Crippen molar-refractivity contribution in [2.75, 3.05) is 5.32 Å². The van der Waals surface area contributed by atoms with Crippen LogP contribution in [0.5, 0.6) is 5.75 Å². The van der Waals surface area contributed by atoms with E-state index < -0.39 is 24.0 Å². The predicted octanol–water partition coefficient (Wildman–Crippen LogP) is 6.08. The van der Waals surface area contributed by atoms with Crippen LogP contribution in [-0.2, 0) is 28.0 Å². The first-order valence-electron chi connectivity index (χ1n) is 13.9. The van der Waals surface area contributed by atoms with Crippen LogP contribution in [0, 0.1) is 5.92 Å². The van der Waals surface area contributed by atoms with E-state index in [4.69, 9.17) is 17.0 Å². The number of benzene rings is 3. The number of carboxylic acids is 1. The number of thiocarbonyl (C=S) groups is 1. The van der Waals surface area contributed by atoms with E-state index in [0.29, 0.717) is 23.9 Å². The van der Waals surface area contributed by atoms with Gasteiger partial charge in [0, 0.05) is 12.1 Å². The molecule has 2 atom stereocenters. The number of hydrogen-bond acceptors (Lipinski definition) is 4. The Morgan fingerprint density at radius 3 is 2.05 bits per heavy atom. The molecule has 0 radical (unpaired) electrons. The molecule has 4 N–H and O–H groups in total. The van der Waals surface area contributed by atoms with Gasteiger partial charge in [0.25, 0.3) is 0 Å². The van der Waals surface area contributed by atoms with Crippen LogP contribution in [-0.4, -0.2) is 34.2 Å². The van der Waals surface area contributed by atoms with Gasteiger partial charge in [-0.15, -0.1) is 0 Å². The number of rotatable bonds is 12. The van der Waals surface area contributed by atoms with Gasteiger partial charge in [0.15, 0.2) is 5.11 Å². The summed E-state index contributed by atoms with van der Waals surface area (Å²) in [5.41, 5.74) is 3.88. The normalized spacial score (nSPS) is 12.7. The van der Waals surface area contributed by atoms with Crippen LogP contribution in [0.3, 0.4) is 0 Å². The number of carbonyl (C=O) groups is 2. The van der Waals surface area contributed by atoms with Gasteiger partial charge in [0.05, 0.1) is 0 Å². The Kier molecular flexibility index (Phi) is 11.3. The Hall–Kier alpha value is -3.91. The highest BCUT2D eigenvalue weighted by molar-refractivity contribution is 7.80. The maximum absolute atomic E-state index is 13.3.